The van der Waals surface area contributed by atoms with Crippen LogP contribution < -0.4 is 0 Å². The van der Waals surface area contributed by atoms with E-state index in [1.54, 1.807) is 20.8 Å². The Balaban J connectivity index is 2.93. The minimum absolute atomic E-state index is 0.136. The van der Waals surface area contributed by atoms with Gasteiger partial charge in [0, 0.05) is 18.6 Å². The van der Waals surface area contributed by atoms with Crippen LogP contribution in [0.4, 0.5) is 0 Å². The highest BCUT2D eigenvalue weighted by atomic mass is 31.2. The van der Waals surface area contributed by atoms with Gasteiger partial charge < -0.3 is 9.79 Å². The standard InChI is InChI=1S/C12H22NO4P/c1-4-18(16,17)10-7-5-6-8-13(10)12(15)11(14)9(2)3/h9-10H,4-8H2,1-3H3,(H,16,17). The summed E-state index contributed by atoms with van der Waals surface area (Å²) in [5, 5.41) is 0. The Morgan fingerprint density at radius 2 is 2.00 bits per heavy atom. The van der Waals surface area contributed by atoms with Gasteiger partial charge in [0.1, 0.15) is 5.78 Å². The Labute approximate surface area is 108 Å². The molecule has 1 aliphatic heterocycles. The van der Waals surface area contributed by atoms with Crippen LogP contribution in [-0.2, 0) is 14.2 Å². The van der Waals surface area contributed by atoms with E-state index < -0.39 is 24.8 Å². The minimum Gasteiger partial charge on any atom is -0.343 e. The molecule has 5 nitrogen and oxygen atoms in total. The summed E-state index contributed by atoms with van der Waals surface area (Å²) in [6.45, 7) is 5.38. The number of hydrogen-bond donors (Lipinski definition) is 1. The molecule has 1 aliphatic rings. The van der Waals surface area contributed by atoms with Gasteiger partial charge in [-0.05, 0) is 19.3 Å². The summed E-state index contributed by atoms with van der Waals surface area (Å²) in [6, 6.07) is 0. The average molecular weight is 275 g/mol. The molecule has 2 atom stereocenters. The number of likely N-dealkylation sites (tertiary alicyclic amines) is 1. The van der Waals surface area contributed by atoms with Crippen molar-refractivity contribution in [3.05, 3.63) is 0 Å². The third-order valence-electron chi connectivity index (χ3n) is 3.39. The molecule has 0 saturated carbocycles. The molecule has 104 valence electrons. The van der Waals surface area contributed by atoms with Crippen molar-refractivity contribution in [1.29, 1.82) is 0 Å². The van der Waals surface area contributed by atoms with E-state index in [-0.39, 0.29) is 12.1 Å². The first-order valence-electron chi connectivity index (χ1n) is 6.47. The molecule has 0 aromatic rings. The summed E-state index contributed by atoms with van der Waals surface area (Å²) in [5.41, 5.74) is 0. The first-order chi connectivity index (χ1) is 8.31. The summed E-state index contributed by atoms with van der Waals surface area (Å²) >= 11 is 0. The molecule has 18 heavy (non-hydrogen) atoms. The summed E-state index contributed by atoms with van der Waals surface area (Å²) in [4.78, 5) is 35.1. The molecule has 0 bridgehead atoms. The van der Waals surface area contributed by atoms with E-state index in [2.05, 4.69) is 0 Å². The lowest BCUT2D eigenvalue weighted by Gasteiger charge is -2.37. The maximum absolute atomic E-state index is 12.1. The van der Waals surface area contributed by atoms with Crippen molar-refractivity contribution in [3.63, 3.8) is 0 Å². The molecule has 0 aliphatic carbocycles. The van der Waals surface area contributed by atoms with E-state index in [9.17, 15) is 19.0 Å². The van der Waals surface area contributed by atoms with Crippen LogP contribution >= 0.6 is 7.37 Å². The number of carbonyl (C=O) groups is 2. The molecule has 6 heteroatoms. The Kier molecular flexibility index (Phi) is 5.11. The van der Waals surface area contributed by atoms with E-state index in [1.807, 2.05) is 0 Å². The molecular weight excluding hydrogens is 253 g/mol. The lowest BCUT2D eigenvalue weighted by atomic mass is 10.1. The van der Waals surface area contributed by atoms with Crippen LogP contribution in [0.3, 0.4) is 0 Å². The van der Waals surface area contributed by atoms with Gasteiger partial charge in [0.15, 0.2) is 0 Å². The van der Waals surface area contributed by atoms with Gasteiger partial charge in [-0.1, -0.05) is 20.8 Å². The zero-order chi connectivity index (χ0) is 13.9. The number of ketones is 1. The predicted octanol–water partition coefficient (Wildman–Crippen LogP) is 1.84. The number of nitrogens with zero attached hydrogens (tertiary/aromatic N) is 1. The van der Waals surface area contributed by atoms with Crippen molar-refractivity contribution in [2.75, 3.05) is 12.7 Å². The highest BCUT2D eigenvalue weighted by Crippen LogP contribution is 2.50. The second kappa shape index (κ2) is 5.98. The van der Waals surface area contributed by atoms with Gasteiger partial charge in [0.2, 0.25) is 13.2 Å². The van der Waals surface area contributed by atoms with Crippen LogP contribution in [0.2, 0.25) is 0 Å². The Morgan fingerprint density at radius 1 is 1.39 bits per heavy atom. The number of piperidine rings is 1. The number of carbonyl (C=O) groups excluding carboxylic acids is 2. The smallest absolute Gasteiger partial charge is 0.290 e. The monoisotopic (exact) mass is 275 g/mol. The molecule has 1 rings (SSSR count). The lowest BCUT2D eigenvalue weighted by Crippen LogP contribution is -2.47. The van der Waals surface area contributed by atoms with E-state index in [0.717, 1.165) is 12.8 Å². The number of hydrogen-bond acceptors (Lipinski definition) is 3. The minimum atomic E-state index is -3.38. The topological polar surface area (TPSA) is 74.7 Å². The van der Waals surface area contributed by atoms with Crippen LogP contribution in [0, 0.1) is 5.92 Å². The summed E-state index contributed by atoms with van der Waals surface area (Å²) < 4.78 is 12.1. The average Bonchev–Trinajstić information content (AvgIpc) is 2.36. The molecular formula is C12H22NO4P. The zero-order valence-electron chi connectivity index (χ0n) is 11.3. The van der Waals surface area contributed by atoms with Crippen molar-refractivity contribution in [1.82, 2.24) is 4.90 Å². The van der Waals surface area contributed by atoms with Crippen LogP contribution in [-0.4, -0.2) is 40.0 Å². The highest BCUT2D eigenvalue weighted by Gasteiger charge is 2.40. The summed E-state index contributed by atoms with van der Waals surface area (Å²) in [5.74, 6) is -2.12. The number of Topliss-reactive ketones (excluding diaryl/α,β-unsaturated/α-hetero) is 1. The second-order valence-corrected chi connectivity index (χ2v) is 7.81. The van der Waals surface area contributed by atoms with Gasteiger partial charge in [-0.15, -0.1) is 0 Å². The molecule has 1 fully saturated rings. The molecule has 1 heterocycles. The van der Waals surface area contributed by atoms with Gasteiger partial charge in [-0.25, -0.2) is 0 Å². The van der Waals surface area contributed by atoms with E-state index >= 15 is 0 Å². The Hall–Kier alpha value is -0.670. The largest absolute Gasteiger partial charge is 0.343 e. The van der Waals surface area contributed by atoms with Crippen LogP contribution in [0.15, 0.2) is 0 Å². The summed E-state index contributed by atoms with van der Waals surface area (Å²) in [7, 11) is -3.38. The molecule has 0 radical (unpaired) electrons. The first kappa shape index (κ1) is 15.4. The van der Waals surface area contributed by atoms with Crippen molar-refractivity contribution >= 4 is 19.1 Å². The fourth-order valence-corrected chi connectivity index (χ4v) is 3.83. The van der Waals surface area contributed by atoms with Gasteiger partial charge in [-0.2, -0.15) is 0 Å². The molecule has 1 saturated heterocycles. The number of rotatable bonds is 4. The Bertz CT molecular complexity index is 380. The fourth-order valence-electron chi connectivity index (χ4n) is 2.17. The maximum atomic E-state index is 12.1. The van der Waals surface area contributed by atoms with Crippen LogP contribution in [0.1, 0.15) is 40.0 Å². The summed E-state index contributed by atoms with van der Waals surface area (Å²) in [6.07, 6.45) is 2.27. The Morgan fingerprint density at radius 3 is 2.50 bits per heavy atom. The van der Waals surface area contributed by atoms with Gasteiger partial charge in [0.05, 0.1) is 0 Å². The third kappa shape index (κ3) is 3.21. The van der Waals surface area contributed by atoms with Crippen LogP contribution in [0.25, 0.3) is 0 Å². The zero-order valence-corrected chi connectivity index (χ0v) is 12.2. The predicted molar refractivity (Wildman–Crippen MR) is 69.6 cm³/mol. The lowest BCUT2D eigenvalue weighted by molar-refractivity contribution is -0.147. The quantitative estimate of drug-likeness (QED) is 0.627. The fraction of sp³-hybridized carbons (Fsp3) is 0.833. The maximum Gasteiger partial charge on any atom is 0.290 e. The highest BCUT2D eigenvalue weighted by molar-refractivity contribution is 7.58. The van der Waals surface area contributed by atoms with E-state index in [0.29, 0.717) is 13.0 Å². The normalized spacial score (nSPS) is 23.8. The van der Waals surface area contributed by atoms with Crippen LogP contribution in [0.5, 0.6) is 0 Å². The molecule has 0 aromatic carbocycles. The SMILES string of the molecule is CCP(=O)(O)C1CCCCN1C(=O)C(=O)C(C)C. The van der Waals surface area contributed by atoms with Crippen molar-refractivity contribution in [2.24, 2.45) is 5.92 Å². The van der Waals surface area contributed by atoms with Gasteiger partial charge in [0.25, 0.3) is 5.91 Å². The molecule has 0 spiro atoms. The van der Waals surface area contributed by atoms with Crippen molar-refractivity contribution < 1.29 is 19.0 Å². The molecule has 1 N–H and O–H groups in total. The van der Waals surface area contributed by atoms with Crippen molar-refractivity contribution in [3.8, 4) is 0 Å². The third-order valence-corrected chi connectivity index (χ3v) is 5.76. The van der Waals surface area contributed by atoms with E-state index in [4.69, 9.17) is 0 Å². The molecule has 0 aromatic heterocycles. The number of amides is 1. The van der Waals surface area contributed by atoms with E-state index in [1.165, 1.54) is 4.90 Å². The van der Waals surface area contributed by atoms with Crippen molar-refractivity contribution in [2.45, 2.75) is 45.8 Å². The van der Waals surface area contributed by atoms with Gasteiger partial charge >= 0.3 is 0 Å². The first-order valence-corrected chi connectivity index (χ1v) is 8.39. The van der Waals surface area contributed by atoms with Gasteiger partial charge in [-0.3, -0.25) is 14.2 Å². The molecule has 2 unspecified atom stereocenters. The molecule has 1 amide bonds. The second-order valence-electron chi connectivity index (χ2n) is 5.07.